The second-order valence-corrected chi connectivity index (χ2v) is 5.32. The molecule has 2 fully saturated rings. The van der Waals surface area contributed by atoms with Crippen molar-refractivity contribution in [3.63, 3.8) is 0 Å². The zero-order valence-electron chi connectivity index (χ0n) is 9.87. The van der Waals surface area contributed by atoms with Gasteiger partial charge in [-0.05, 0) is 58.3 Å². The number of hydrogen-bond donors (Lipinski definition) is 1. The molecule has 0 atom stereocenters. The molecule has 2 heterocycles. The van der Waals surface area contributed by atoms with Crippen LogP contribution >= 0.6 is 0 Å². The number of hydrogen-bond acceptors (Lipinski definition) is 3. The molecule has 0 aliphatic carbocycles. The number of nitrogens with zero attached hydrogens (tertiary/aromatic N) is 1. The summed E-state index contributed by atoms with van der Waals surface area (Å²) in [5.41, 5.74) is 6.12. The van der Waals surface area contributed by atoms with E-state index in [1.165, 1.54) is 32.4 Å². The van der Waals surface area contributed by atoms with E-state index >= 15 is 0 Å². The summed E-state index contributed by atoms with van der Waals surface area (Å²) in [6.45, 7) is 5.32. The molecule has 0 aromatic carbocycles. The fourth-order valence-electron chi connectivity index (χ4n) is 3.02. The molecular weight excluding hydrogens is 188 g/mol. The number of rotatable bonds is 4. The second-order valence-electron chi connectivity index (χ2n) is 5.32. The minimum Gasteiger partial charge on any atom is -0.380 e. The van der Waals surface area contributed by atoms with Crippen LogP contribution in [0.2, 0.25) is 0 Å². The third-order valence-electron chi connectivity index (χ3n) is 4.24. The summed E-state index contributed by atoms with van der Waals surface area (Å²) in [5, 5.41) is 0. The van der Waals surface area contributed by atoms with Gasteiger partial charge in [0, 0.05) is 5.41 Å². The van der Waals surface area contributed by atoms with Crippen LogP contribution in [-0.2, 0) is 4.74 Å². The van der Waals surface area contributed by atoms with E-state index < -0.39 is 0 Å². The van der Waals surface area contributed by atoms with Gasteiger partial charge < -0.3 is 15.4 Å². The summed E-state index contributed by atoms with van der Waals surface area (Å²) >= 11 is 0. The van der Waals surface area contributed by atoms with Crippen LogP contribution in [0.4, 0.5) is 0 Å². The highest BCUT2D eigenvalue weighted by Gasteiger charge is 2.45. The molecule has 0 bridgehead atoms. The van der Waals surface area contributed by atoms with Gasteiger partial charge in [-0.3, -0.25) is 0 Å². The van der Waals surface area contributed by atoms with Crippen molar-refractivity contribution in [2.75, 3.05) is 39.9 Å². The van der Waals surface area contributed by atoms with Crippen LogP contribution in [0, 0.1) is 11.3 Å². The van der Waals surface area contributed by atoms with Gasteiger partial charge >= 0.3 is 0 Å². The first-order valence-electron chi connectivity index (χ1n) is 6.23. The average molecular weight is 212 g/mol. The number of nitrogens with two attached hydrogens (primary N) is 1. The normalized spacial score (nSPS) is 27.6. The Labute approximate surface area is 93.0 Å². The quantitative estimate of drug-likeness (QED) is 0.758. The van der Waals surface area contributed by atoms with E-state index in [0.717, 1.165) is 32.1 Å². The highest BCUT2D eigenvalue weighted by Crippen LogP contribution is 2.44. The lowest BCUT2D eigenvalue weighted by Crippen LogP contribution is -2.51. The molecular formula is C12H24N2O. The van der Waals surface area contributed by atoms with Crippen molar-refractivity contribution in [1.82, 2.24) is 4.90 Å². The first-order chi connectivity index (χ1) is 7.27. The Morgan fingerprint density at radius 2 is 2.00 bits per heavy atom. The molecule has 0 amide bonds. The second kappa shape index (κ2) is 4.81. The number of piperidine rings is 1. The summed E-state index contributed by atoms with van der Waals surface area (Å²) in [7, 11) is 2.22. The standard InChI is InChI=1S/C12H24N2O/c1-14-7-3-11(4-8-14)12(5-2-6-13)9-15-10-12/h11H,2-10,13H2,1H3. The van der Waals surface area contributed by atoms with Gasteiger partial charge in [0.25, 0.3) is 0 Å². The molecule has 3 heteroatoms. The average Bonchev–Trinajstić information content (AvgIpc) is 2.19. The maximum atomic E-state index is 5.62. The molecule has 2 N–H and O–H groups in total. The first kappa shape index (κ1) is 11.4. The minimum atomic E-state index is 0.501. The molecule has 0 radical (unpaired) electrons. The summed E-state index contributed by atoms with van der Waals surface area (Å²) in [5.74, 6) is 0.883. The van der Waals surface area contributed by atoms with Gasteiger partial charge in [-0.25, -0.2) is 0 Å². The van der Waals surface area contributed by atoms with E-state index in [2.05, 4.69) is 11.9 Å². The molecule has 2 aliphatic heterocycles. The van der Waals surface area contributed by atoms with Gasteiger partial charge in [0.1, 0.15) is 0 Å². The number of ether oxygens (including phenoxy) is 1. The molecule has 2 aliphatic rings. The van der Waals surface area contributed by atoms with Crippen LogP contribution in [0.5, 0.6) is 0 Å². The van der Waals surface area contributed by atoms with E-state index in [1.807, 2.05) is 0 Å². The van der Waals surface area contributed by atoms with Gasteiger partial charge in [-0.1, -0.05) is 0 Å². The smallest absolute Gasteiger partial charge is 0.0547 e. The first-order valence-corrected chi connectivity index (χ1v) is 6.23. The summed E-state index contributed by atoms with van der Waals surface area (Å²) in [4.78, 5) is 2.44. The van der Waals surface area contributed by atoms with E-state index in [9.17, 15) is 0 Å². The van der Waals surface area contributed by atoms with Crippen molar-refractivity contribution in [1.29, 1.82) is 0 Å². The molecule has 0 unspecified atom stereocenters. The third kappa shape index (κ3) is 2.35. The van der Waals surface area contributed by atoms with Crippen molar-refractivity contribution >= 4 is 0 Å². The van der Waals surface area contributed by atoms with Gasteiger partial charge in [-0.2, -0.15) is 0 Å². The predicted molar refractivity (Wildman–Crippen MR) is 61.8 cm³/mol. The zero-order chi connectivity index (χ0) is 10.7. The molecule has 2 saturated heterocycles. The summed E-state index contributed by atoms with van der Waals surface area (Å²) in [6, 6.07) is 0. The van der Waals surface area contributed by atoms with Crippen molar-refractivity contribution in [2.24, 2.45) is 17.1 Å². The highest BCUT2D eigenvalue weighted by molar-refractivity contribution is 4.93. The van der Waals surface area contributed by atoms with E-state index in [1.54, 1.807) is 0 Å². The van der Waals surface area contributed by atoms with E-state index in [0.29, 0.717) is 5.41 Å². The van der Waals surface area contributed by atoms with E-state index in [-0.39, 0.29) is 0 Å². The molecule has 15 heavy (non-hydrogen) atoms. The lowest BCUT2D eigenvalue weighted by atomic mass is 9.67. The van der Waals surface area contributed by atoms with Crippen LogP contribution in [0.25, 0.3) is 0 Å². The van der Waals surface area contributed by atoms with Crippen molar-refractivity contribution in [2.45, 2.75) is 25.7 Å². The monoisotopic (exact) mass is 212 g/mol. The molecule has 88 valence electrons. The lowest BCUT2D eigenvalue weighted by Gasteiger charge is -2.50. The Morgan fingerprint density at radius 3 is 2.47 bits per heavy atom. The molecule has 0 aromatic heterocycles. The molecule has 0 aromatic rings. The molecule has 0 saturated carbocycles. The predicted octanol–water partition coefficient (Wildman–Crippen LogP) is 1.08. The third-order valence-corrected chi connectivity index (χ3v) is 4.24. The Kier molecular flexibility index (Phi) is 3.65. The number of likely N-dealkylation sites (tertiary alicyclic amines) is 1. The maximum Gasteiger partial charge on any atom is 0.0547 e. The van der Waals surface area contributed by atoms with Crippen LogP contribution in [0.3, 0.4) is 0 Å². The van der Waals surface area contributed by atoms with Crippen molar-refractivity contribution < 1.29 is 4.74 Å². The SMILES string of the molecule is CN1CCC(C2(CCCN)COC2)CC1. The Hall–Kier alpha value is -0.120. The van der Waals surface area contributed by atoms with Gasteiger partial charge in [0.05, 0.1) is 13.2 Å². The fraction of sp³-hybridized carbons (Fsp3) is 1.00. The topological polar surface area (TPSA) is 38.5 Å². The lowest BCUT2D eigenvalue weighted by molar-refractivity contribution is -0.159. The summed E-state index contributed by atoms with van der Waals surface area (Å²) < 4.78 is 5.46. The Balaban J connectivity index is 1.88. The Morgan fingerprint density at radius 1 is 1.33 bits per heavy atom. The zero-order valence-corrected chi connectivity index (χ0v) is 9.87. The van der Waals surface area contributed by atoms with Gasteiger partial charge in [0.2, 0.25) is 0 Å². The molecule has 3 nitrogen and oxygen atoms in total. The van der Waals surface area contributed by atoms with Crippen molar-refractivity contribution in [3.8, 4) is 0 Å². The molecule has 0 spiro atoms. The largest absolute Gasteiger partial charge is 0.380 e. The van der Waals surface area contributed by atoms with Crippen LogP contribution in [0.15, 0.2) is 0 Å². The molecule has 2 rings (SSSR count). The van der Waals surface area contributed by atoms with Crippen LogP contribution in [0.1, 0.15) is 25.7 Å². The summed E-state index contributed by atoms with van der Waals surface area (Å²) in [6.07, 6.45) is 5.14. The van der Waals surface area contributed by atoms with Crippen molar-refractivity contribution in [3.05, 3.63) is 0 Å². The minimum absolute atomic E-state index is 0.501. The van der Waals surface area contributed by atoms with Crippen LogP contribution in [-0.4, -0.2) is 44.8 Å². The fourth-order valence-corrected chi connectivity index (χ4v) is 3.02. The highest BCUT2D eigenvalue weighted by atomic mass is 16.5. The van der Waals surface area contributed by atoms with Crippen LogP contribution < -0.4 is 5.73 Å². The Bertz CT molecular complexity index is 196. The van der Waals surface area contributed by atoms with Gasteiger partial charge in [-0.15, -0.1) is 0 Å². The van der Waals surface area contributed by atoms with E-state index in [4.69, 9.17) is 10.5 Å². The maximum absolute atomic E-state index is 5.62. The van der Waals surface area contributed by atoms with Gasteiger partial charge in [0.15, 0.2) is 0 Å².